The number of sulfonamides is 1. The summed E-state index contributed by atoms with van der Waals surface area (Å²) < 4.78 is 29.4. The molecule has 1 heterocycles. The molecule has 0 fully saturated rings. The summed E-state index contributed by atoms with van der Waals surface area (Å²) in [7, 11) is -3.91. The Labute approximate surface area is 263 Å². The molecular weight excluding hydrogens is 592 g/mol. The van der Waals surface area contributed by atoms with Gasteiger partial charge in [0.2, 0.25) is 10.0 Å². The molecule has 11 nitrogen and oxygen atoms in total. The van der Waals surface area contributed by atoms with Crippen LogP contribution in [0.5, 0.6) is 0 Å². The van der Waals surface area contributed by atoms with E-state index in [1.807, 2.05) is 13.0 Å². The average Bonchev–Trinajstić information content (AvgIpc) is 3.03. The number of nitrogens with two attached hydrogens (primary N) is 1. The van der Waals surface area contributed by atoms with Gasteiger partial charge in [0, 0.05) is 36.1 Å². The van der Waals surface area contributed by atoms with Gasteiger partial charge in [-0.05, 0) is 60.9 Å². The van der Waals surface area contributed by atoms with Crippen LogP contribution < -0.4 is 15.8 Å². The third kappa shape index (κ3) is 9.21. The van der Waals surface area contributed by atoms with Crippen molar-refractivity contribution in [2.45, 2.75) is 44.2 Å². The summed E-state index contributed by atoms with van der Waals surface area (Å²) in [4.78, 5) is 31.6. The minimum Gasteiger partial charge on any atom is -0.440 e. The molecule has 0 aliphatic heterocycles. The van der Waals surface area contributed by atoms with E-state index in [0.717, 1.165) is 18.4 Å². The van der Waals surface area contributed by atoms with Crippen LogP contribution in [0.15, 0.2) is 102 Å². The summed E-state index contributed by atoms with van der Waals surface area (Å²) in [6, 6.07) is 25.4. The van der Waals surface area contributed by atoms with Crippen molar-refractivity contribution >= 4 is 33.7 Å². The summed E-state index contributed by atoms with van der Waals surface area (Å²) >= 11 is 0. The first-order valence-electron chi connectivity index (χ1n) is 14.4. The number of nitrogens with one attached hydrogen (secondary N) is 3. The van der Waals surface area contributed by atoms with Crippen molar-refractivity contribution in [3.8, 4) is 11.1 Å². The molecule has 234 valence electrons. The number of rotatable bonds is 11. The molecule has 0 aliphatic rings. The van der Waals surface area contributed by atoms with Gasteiger partial charge in [0.1, 0.15) is 11.9 Å². The van der Waals surface area contributed by atoms with Crippen molar-refractivity contribution in [1.29, 1.82) is 5.41 Å². The number of hydrogen-bond donors (Lipinski definition) is 4. The molecule has 4 rings (SSSR count). The van der Waals surface area contributed by atoms with Gasteiger partial charge in [0.15, 0.2) is 0 Å². The lowest BCUT2D eigenvalue weighted by molar-refractivity contribution is 0.110. The zero-order valence-electron chi connectivity index (χ0n) is 25.1. The number of hydrogen-bond acceptors (Lipinski definition) is 7. The van der Waals surface area contributed by atoms with E-state index < -0.39 is 22.2 Å². The molecule has 0 spiro atoms. The fourth-order valence-electron chi connectivity index (χ4n) is 4.58. The first-order valence-corrected chi connectivity index (χ1v) is 15.9. The van der Waals surface area contributed by atoms with Crippen molar-refractivity contribution in [2.75, 3.05) is 11.9 Å². The van der Waals surface area contributed by atoms with Gasteiger partial charge in [-0.3, -0.25) is 15.7 Å². The lowest BCUT2D eigenvalue weighted by atomic mass is 10.1. The molecular formula is C33H36N6O5S. The minimum absolute atomic E-state index is 0.0222. The molecule has 3 aromatic carbocycles. The number of primary sulfonamides is 1. The molecule has 0 radical (unpaired) electrons. The number of amidine groups is 1. The lowest BCUT2D eigenvalue weighted by Crippen LogP contribution is -2.35. The summed E-state index contributed by atoms with van der Waals surface area (Å²) in [5.41, 5.74) is 3.48. The molecule has 1 atom stereocenters. The summed E-state index contributed by atoms with van der Waals surface area (Å²) in [6.45, 7) is 4.51. The maximum Gasteiger partial charge on any atom is 0.413 e. The fraction of sp³-hybridized carbons (Fsp3) is 0.212. The molecule has 0 saturated heterocycles. The SMILES string of the molecule is CCCCN(Cc1cccc(C(=N)NC(=O)OC(C)c2ccccn2)c1)C(=O)Nc1ccc(-c2ccccc2S(N)(=O)=O)cc1. The van der Waals surface area contributed by atoms with Crippen LogP contribution >= 0.6 is 0 Å². The van der Waals surface area contributed by atoms with Gasteiger partial charge in [-0.1, -0.05) is 67.9 Å². The number of urea groups is 1. The van der Waals surface area contributed by atoms with E-state index in [-0.39, 0.29) is 23.3 Å². The average molecular weight is 629 g/mol. The van der Waals surface area contributed by atoms with Crippen LogP contribution in [0.3, 0.4) is 0 Å². The maximum absolute atomic E-state index is 13.3. The topological polar surface area (TPSA) is 168 Å². The summed E-state index contributed by atoms with van der Waals surface area (Å²) in [5, 5.41) is 19.2. The normalized spacial score (nSPS) is 11.7. The van der Waals surface area contributed by atoms with Gasteiger partial charge in [0.25, 0.3) is 0 Å². The Balaban J connectivity index is 1.41. The third-order valence-corrected chi connectivity index (χ3v) is 7.88. The van der Waals surface area contributed by atoms with Crippen LogP contribution in [0.2, 0.25) is 0 Å². The van der Waals surface area contributed by atoms with Crippen LogP contribution in [0.4, 0.5) is 15.3 Å². The zero-order valence-corrected chi connectivity index (χ0v) is 25.9. The number of unbranched alkanes of at least 4 members (excludes halogenated alkanes) is 1. The van der Waals surface area contributed by atoms with Gasteiger partial charge in [-0.15, -0.1) is 0 Å². The van der Waals surface area contributed by atoms with Gasteiger partial charge in [0.05, 0.1) is 10.6 Å². The number of alkyl carbamates (subject to hydrolysis) is 1. The minimum atomic E-state index is -3.91. The smallest absolute Gasteiger partial charge is 0.413 e. The first kappa shape index (κ1) is 32.8. The predicted molar refractivity (Wildman–Crippen MR) is 173 cm³/mol. The van der Waals surface area contributed by atoms with Gasteiger partial charge < -0.3 is 15.0 Å². The number of carbonyl (C=O) groups is 2. The van der Waals surface area contributed by atoms with E-state index >= 15 is 0 Å². The second-order valence-electron chi connectivity index (χ2n) is 10.3. The number of ether oxygens (including phenoxy) is 1. The second kappa shape index (κ2) is 15.1. The quantitative estimate of drug-likeness (QED) is 0.117. The largest absolute Gasteiger partial charge is 0.440 e. The predicted octanol–water partition coefficient (Wildman–Crippen LogP) is 6.04. The highest BCUT2D eigenvalue weighted by molar-refractivity contribution is 7.89. The van der Waals surface area contributed by atoms with E-state index in [4.69, 9.17) is 15.3 Å². The molecule has 0 aliphatic carbocycles. The molecule has 0 bridgehead atoms. The molecule has 1 unspecified atom stereocenters. The van der Waals surface area contributed by atoms with E-state index in [1.54, 1.807) is 96.9 Å². The molecule has 45 heavy (non-hydrogen) atoms. The number of carbonyl (C=O) groups excluding carboxylic acids is 2. The van der Waals surface area contributed by atoms with Crippen LogP contribution in [0.1, 0.15) is 49.6 Å². The van der Waals surface area contributed by atoms with Crippen molar-refractivity contribution in [2.24, 2.45) is 5.14 Å². The molecule has 1 aromatic heterocycles. The van der Waals surface area contributed by atoms with Crippen molar-refractivity contribution < 1.29 is 22.7 Å². The van der Waals surface area contributed by atoms with Crippen LogP contribution in [0, 0.1) is 5.41 Å². The van der Waals surface area contributed by atoms with E-state index in [1.165, 1.54) is 6.07 Å². The Morgan fingerprint density at radius 2 is 1.73 bits per heavy atom. The van der Waals surface area contributed by atoms with E-state index in [0.29, 0.717) is 34.6 Å². The van der Waals surface area contributed by atoms with Gasteiger partial charge in [-0.25, -0.2) is 23.1 Å². The highest BCUT2D eigenvalue weighted by Crippen LogP contribution is 2.27. The zero-order chi connectivity index (χ0) is 32.4. The van der Waals surface area contributed by atoms with Crippen LogP contribution in [-0.2, 0) is 21.3 Å². The molecule has 0 saturated carbocycles. The first-order chi connectivity index (χ1) is 21.5. The van der Waals surface area contributed by atoms with E-state index in [2.05, 4.69) is 15.6 Å². The molecule has 12 heteroatoms. The van der Waals surface area contributed by atoms with Crippen LogP contribution in [0.25, 0.3) is 11.1 Å². The number of aromatic nitrogens is 1. The number of amides is 3. The monoisotopic (exact) mass is 628 g/mol. The molecule has 4 aromatic rings. The summed E-state index contributed by atoms with van der Waals surface area (Å²) in [6.07, 6.45) is 1.92. The number of anilines is 1. The molecule has 3 amide bonds. The lowest BCUT2D eigenvalue weighted by Gasteiger charge is -2.23. The Morgan fingerprint density at radius 3 is 2.42 bits per heavy atom. The van der Waals surface area contributed by atoms with Crippen molar-refractivity contribution in [3.05, 3.63) is 114 Å². The number of benzene rings is 3. The second-order valence-corrected chi connectivity index (χ2v) is 11.9. The van der Waals surface area contributed by atoms with E-state index in [9.17, 15) is 18.0 Å². The maximum atomic E-state index is 13.3. The number of pyridine rings is 1. The standard InChI is InChI=1S/C33H36N6O5S/c1-3-4-20-39(32(40)37-27-17-15-25(16-18-27)28-12-5-6-14-30(28)45(35,42)43)22-24-10-9-11-26(21-24)31(34)38-33(41)44-23(2)29-13-7-8-19-36-29/h5-19,21,23H,3-4,20,22H2,1-2H3,(H,37,40)(H2,34,38,41)(H2,35,42,43). The van der Waals surface area contributed by atoms with Crippen LogP contribution in [-0.4, -0.2) is 42.8 Å². The Morgan fingerprint density at radius 1 is 1.00 bits per heavy atom. The fourth-order valence-corrected chi connectivity index (χ4v) is 5.34. The van der Waals surface area contributed by atoms with Crippen molar-refractivity contribution in [1.82, 2.24) is 15.2 Å². The summed E-state index contributed by atoms with van der Waals surface area (Å²) in [5.74, 6) is -0.135. The van der Waals surface area contributed by atoms with Gasteiger partial charge in [-0.2, -0.15) is 0 Å². The highest BCUT2D eigenvalue weighted by Gasteiger charge is 2.18. The van der Waals surface area contributed by atoms with Gasteiger partial charge >= 0.3 is 12.1 Å². The Bertz CT molecular complexity index is 1750. The van der Waals surface area contributed by atoms with Crippen molar-refractivity contribution in [3.63, 3.8) is 0 Å². The highest BCUT2D eigenvalue weighted by atomic mass is 32.2. The third-order valence-electron chi connectivity index (χ3n) is 6.91. The number of nitrogens with zero attached hydrogens (tertiary/aromatic N) is 2. The Kier molecular flexibility index (Phi) is 11.0. The Hall–Kier alpha value is -5.07. The molecule has 5 N–H and O–H groups in total.